The van der Waals surface area contributed by atoms with Crippen LogP contribution < -0.4 is 0 Å². The Labute approximate surface area is 98.5 Å². The van der Waals surface area contributed by atoms with Crippen molar-refractivity contribution < 1.29 is 24.2 Å². The van der Waals surface area contributed by atoms with Crippen LogP contribution in [-0.2, 0) is 19.1 Å². The zero-order valence-electron chi connectivity index (χ0n) is 9.80. The maximum absolute atomic E-state index is 11.1. The Morgan fingerprint density at radius 3 is 2.59 bits per heavy atom. The summed E-state index contributed by atoms with van der Waals surface area (Å²) < 4.78 is 9.66. The average Bonchev–Trinajstić information content (AvgIpc) is 2.14. The smallest absolute Gasteiger partial charge is 0.315 e. The van der Waals surface area contributed by atoms with Gasteiger partial charge < -0.3 is 14.3 Å². The summed E-state index contributed by atoms with van der Waals surface area (Å²) in [6.45, 7) is 3.38. The second-order valence-electron chi connectivity index (χ2n) is 3.40. The van der Waals surface area contributed by atoms with Gasteiger partial charge in [-0.2, -0.15) is 0 Å². The molecule has 0 rings (SSSR count). The minimum atomic E-state index is -0.909. The summed E-state index contributed by atoms with van der Waals surface area (Å²) in [5.41, 5.74) is 0. The molecule has 8 nitrogen and oxygen atoms in total. The maximum Gasteiger partial charge on any atom is 0.315 e. The van der Waals surface area contributed by atoms with Crippen LogP contribution in [0.25, 0.3) is 0 Å². The average molecular weight is 248 g/mol. The van der Waals surface area contributed by atoms with Crippen LogP contribution in [0.4, 0.5) is 0 Å². The van der Waals surface area contributed by atoms with Gasteiger partial charge in [0.1, 0.15) is 6.42 Å². The molecule has 0 saturated carbocycles. The van der Waals surface area contributed by atoms with Crippen LogP contribution in [0.1, 0.15) is 26.7 Å². The largest absolute Gasteiger partial charge is 0.478 e. The van der Waals surface area contributed by atoms with Crippen molar-refractivity contribution in [2.24, 2.45) is 0 Å². The second-order valence-corrected chi connectivity index (χ2v) is 3.40. The van der Waals surface area contributed by atoms with Gasteiger partial charge in [-0.05, 0) is 13.8 Å². The summed E-state index contributed by atoms with van der Waals surface area (Å²) in [6.07, 6.45) is -0.178. The highest BCUT2D eigenvalue weighted by Crippen LogP contribution is 1.96. The molecule has 98 valence electrons. The van der Waals surface area contributed by atoms with Crippen molar-refractivity contribution in [1.82, 2.24) is 0 Å². The van der Waals surface area contributed by atoms with Gasteiger partial charge in [0.05, 0.1) is 19.3 Å². The van der Waals surface area contributed by atoms with Crippen LogP contribution in [-0.4, -0.2) is 36.3 Å². The molecule has 0 aromatic carbocycles. The summed E-state index contributed by atoms with van der Waals surface area (Å²) >= 11 is 0. The molecular weight excluding hydrogens is 232 g/mol. The fourth-order valence-corrected chi connectivity index (χ4v) is 0.892. The quantitative estimate of drug-likeness (QED) is 0.171. The predicted molar refractivity (Wildman–Crippen MR) is 57.1 cm³/mol. The fourth-order valence-electron chi connectivity index (χ4n) is 0.892. The van der Waals surface area contributed by atoms with E-state index in [2.05, 4.69) is 4.84 Å². The Kier molecular flexibility index (Phi) is 7.40. The van der Waals surface area contributed by atoms with Crippen LogP contribution in [0.2, 0.25) is 0 Å². The number of nitrogens with one attached hydrogen (secondary N) is 1. The van der Waals surface area contributed by atoms with E-state index < -0.39 is 11.1 Å². The molecule has 1 N–H and O–H groups in total. The Morgan fingerprint density at radius 1 is 1.41 bits per heavy atom. The minimum Gasteiger partial charge on any atom is -0.478 e. The number of carbonyl (C=O) groups is 1. The molecule has 0 radical (unpaired) electrons. The third-order valence-electron chi connectivity index (χ3n) is 1.43. The second kappa shape index (κ2) is 8.31. The molecular formula is C9H16N2O6. The first-order valence-electron chi connectivity index (χ1n) is 5.08. The van der Waals surface area contributed by atoms with Crippen LogP contribution in [0, 0.1) is 15.5 Å². The van der Waals surface area contributed by atoms with Crippen molar-refractivity contribution in [2.45, 2.75) is 32.8 Å². The molecule has 0 aromatic rings. The van der Waals surface area contributed by atoms with Gasteiger partial charge in [0.2, 0.25) is 0 Å². The van der Waals surface area contributed by atoms with Crippen molar-refractivity contribution in [2.75, 3.05) is 13.2 Å². The third-order valence-corrected chi connectivity index (χ3v) is 1.43. The van der Waals surface area contributed by atoms with Gasteiger partial charge in [-0.1, -0.05) is 0 Å². The van der Waals surface area contributed by atoms with E-state index >= 15 is 0 Å². The molecule has 0 bridgehead atoms. The lowest BCUT2D eigenvalue weighted by molar-refractivity contribution is -0.757. The maximum atomic E-state index is 11.1. The van der Waals surface area contributed by atoms with E-state index in [0.717, 1.165) is 0 Å². The molecule has 0 heterocycles. The first-order chi connectivity index (χ1) is 7.91. The molecule has 17 heavy (non-hydrogen) atoms. The first kappa shape index (κ1) is 15.1. The highest BCUT2D eigenvalue weighted by atomic mass is 16.9. The number of carbonyl (C=O) groups excluding carboxylic acids is 1. The van der Waals surface area contributed by atoms with E-state index in [4.69, 9.17) is 14.9 Å². The standard InChI is InChI=1S/C9H16N2O6/c1-7(2)17-8(10)6-9(12)15-4-3-5-16-11(13)14/h7,10H,3-6H2,1-2H3. The number of ether oxygens (including phenoxy) is 2. The first-order valence-corrected chi connectivity index (χ1v) is 5.08. The lowest BCUT2D eigenvalue weighted by Crippen LogP contribution is -2.17. The molecule has 8 heteroatoms. The van der Waals surface area contributed by atoms with E-state index in [1.165, 1.54) is 0 Å². The Bertz CT molecular complexity index is 279. The number of rotatable bonds is 8. The van der Waals surface area contributed by atoms with Gasteiger partial charge in [-0.3, -0.25) is 10.2 Å². The highest BCUT2D eigenvalue weighted by Gasteiger charge is 2.09. The lowest BCUT2D eigenvalue weighted by Gasteiger charge is -2.10. The summed E-state index contributed by atoms with van der Waals surface area (Å²) in [6, 6.07) is 0. The van der Waals surface area contributed by atoms with Crippen molar-refractivity contribution in [3.8, 4) is 0 Å². The van der Waals surface area contributed by atoms with E-state index in [1.54, 1.807) is 13.8 Å². The van der Waals surface area contributed by atoms with Gasteiger partial charge in [0, 0.05) is 6.42 Å². The van der Waals surface area contributed by atoms with Crippen molar-refractivity contribution in [1.29, 1.82) is 5.41 Å². The molecule has 0 fully saturated rings. The van der Waals surface area contributed by atoms with Gasteiger partial charge >= 0.3 is 5.97 Å². The summed E-state index contributed by atoms with van der Waals surface area (Å²) in [7, 11) is 0. The van der Waals surface area contributed by atoms with Crippen LogP contribution in [0.3, 0.4) is 0 Å². The SMILES string of the molecule is CC(C)OC(=N)CC(=O)OCCCO[N+](=O)[O-]. The van der Waals surface area contributed by atoms with Gasteiger partial charge in [-0.15, -0.1) is 10.1 Å². The molecule has 0 saturated heterocycles. The molecule has 0 aliphatic carbocycles. The minimum absolute atomic E-state index is 0.0155. The van der Waals surface area contributed by atoms with Crippen molar-refractivity contribution >= 4 is 11.9 Å². The Balaban J connectivity index is 3.53. The fraction of sp³-hybridized carbons (Fsp3) is 0.778. The number of nitrogens with zero attached hydrogens (tertiary/aromatic N) is 1. The summed E-state index contributed by atoms with van der Waals surface area (Å²) in [5, 5.41) is 16.2. The Morgan fingerprint density at radius 2 is 2.06 bits per heavy atom. The van der Waals surface area contributed by atoms with Crippen LogP contribution >= 0.6 is 0 Å². The van der Waals surface area contributed by atoms with Gasteiger partial charge in [0.15, 0.2) is 5.90 Å². The van der Waals surface area contributed by atoms with E-state index in [-0.39, 0.29) is 38.1 Å². The van der Waals surface area contributed by atoms with E-state index in [1.807, 2.05) is 0 Å². The van der Waals surface area contributed by atoms with Gasteiger partial charge in [0.25, 0.3) is 5.09 Å². The molecule has 0 aliphatic rings. The summed E-state index contributed by atoms with van der Waals surface area (Å²) in [4.78, 5) is 24.9. The number of esters is 1. The monoisotopic (exact) mass is 248 g/mol. The molecule has 0 amide bonds. The summed E-state index contributed by atoms with van der Waals surface area (Å²) in [5.74, 6) is -0.761. The Hall–Kier alpha value is -1.86. The van der Waals surface area contributed by atoms with Crippen LogP contribution in [0.15, 0.2) is 0 Å². The van der Waals surface area contributed by atoms with E-state index in [0.29, 0.717) is 0 Å². The molecule has 0 spiro atoms. The van der Waals surface area contributed by atoms with Crippen molar-refractivity contribution in [3.05, 3.63) is 10.1 Å². The number of hydrogen-bond donors (Lipinski definition) is 1. The lowest BCUT2D eigenvalue weighted by atomic mass is 10.4. The van der Waals surface area contributed by atoms with Crippen LogP contribution in [0.5, 0.6) is 0 Å². The molecule has 0 atom stereocenters. The molecule has 0 aliphatic heterocycles. The predicted octanol–water partition coefficient (Wildman–Crippen LogP) is 0.920. The molecule has 0 unspecified atom stereocenters. The van der Waals surface area contributed by atoms with Crippen molar-refractivity contribution in [3.63, 3.8) is 0 Å². The zero-order valence-corrected chi connectivity index (χ0v) is 9.80. The topological polar surface area (TPSA) is 112 Å². The van der Waals surface area contributed by atoms with Gasteiger partial charge in [-0.25, -0.2) is 0 Å². The normalized spacial score (nSPS) is 9.82. The third kappa shape index (κ3) is 10.4. The highest BCUT2D eigenvalue weighted by molar-refractivity contribution is 5.92. The number of hydrogen-bond acceptors (Lipinski definition) is 7. The zero-order chi connectivity index (χ0) is 13.3. The molecule has 0 aromatic heterocycles. The van der Waals surface area contributed by atoms with E-state index in [9.17, 15) is 14.9 Å².